The number of urea groups is 1. The van der Waals surface area contributed by atoms with E-state index in [0.29, 0.717) is 6.42 Å². The summed E-state index contributed by atoms with van der Waals surface area (Å²) < 4.78 is 0. The number of nitrogens with zero attached hydrogens (tertiary/aromatic N) is 1. The number of benzene rings is 1. The second kappa shape index (κ2) is 6.41. The first-order valence-corrected chi connectivity index (χ1v) is 9.52. The molecule has 0 bridgehead atoms. The van der Waals surface area contributed by atoms with Crippen LogP contribution in [0.3, 0.4) is 0 Å². The fourth-order valence-electron chi connectivity index (χ4n) is 4.73. The number of hydrogen-bond acceptors (Lipinski definition) is 3. The van der Waals surface area contributed by atoms with Crippen molar-refractivity contribution in [1.29, 1.82) is 0 Å². The molecule has 1 spiro atoms. The second-order valence-electron chi connectivity index (χ2n) is 7.80. The fourth-order valence-corrected chi connectivity index (χ4v) is 4.73. The van der Waals surface area contributed by atoms with Gasteiger partial charge >= 0.3 is 6.03 Å². The van der Waals surface area contributed by atoms with E-state index in [1.807, 2.05) is 25.1 Å². The lowest BCUT2D eigenvalue weighted by molar-refractivity contribution is -0.137. The minimum Gasteiger partial charge on any atom is -0.348 e. The van der Waals surface area contributed by atoms with Crippen molar-refractivity contribution in [2.75, 3.05) is 6.54 Å². The Morgan fingerprint density at radius 3 is 2.88 bits per heavy atom. The standard InChI is InChI=1S/C20H25N3O3/c1-13-6-4-5-11-20(13)18(25)23(19(26)22-20)12-17(24)21-16-10-9-14-7-2-3-8-15(14)16/h2-3,7-8,13,16H,4-6,9-12H2,1H3,(H,21,24)(H,22,26). The van der Waals surface area contributed by atoms with Crippen molar-refractivity contribution < 1.29 is 14.4 Å². The quantitative estimate of drug-likeness (QED) is 0.817. The Morgan fingerprint density at radius 2 is 2.08 bits per heavy atom. The Morgan fingerprint density at radius 1 is 1.27 bits per heavy atom. The van der Waals surface area contributed by atoms with Crippen molar-refractivity contribution in [2.24, 2.45) is 5.92 Å². The smallest absolute Gasteiger partial charge is 0.325 e. The third-order valence-corrected chi connectivity index (χ3v) is 6.27. The lowest BCUT2D eigenvalue weighted by Gasteiger charge is -2.36. The molecule has 4 rings (SSSR count). The molecular formula is C20H25N3O3. The van der Waals surface area contributed by atoms with E-state index in [1.54, 1.807) is 0 Å². The van der Waals surface area contributed by atoms with Gasteiger partial charge in [-0.25, -0.2) is 4.79 Å². The minimum atomic E-state index is -0.810. The van der Waals surface area contributed by atoms with E-state index in [0.717, 1.165) is 42.6 Å². The van der Waals surface area contributed by atoms with Gasteiger partial charge in [-0.15, -0.1) is 0 Å². The molecule has 2 N–H and O–H groups in total. The van der Waals surface area contributed by atoms with E-state index in [9.17, 15) is 14.4 Å². The zero-order chi connectivity index (χ0) is 18.3. The molecule has 3 atom stereocenters. The van der Waals surface area contributed by atoms with Gasteiger partial charge in [-0.3, -0.25) is 14.5 Å². The number of imide groups is 1. The van der Waals surface area contributed by atoms with Crippen molar-refractivity contribution in [1.82, 2.24) is 15.5 Å². The van der Waals surface area contributed by atoms with Crippen LogP contribution >= 0.6 is 0 Å². The first-order chi connectivity index (χ1) is 12.5. The first kappa shape index (κ1) is 17.1. The van der Waals surface area contributed by atoms with Crippen LogP contribution in [-0.2, 0) is 16.0 Å². The van der Waals surface area contributed by atoms with Crippen LogP contribution in [0.5, 0.6) is 0 Å². The molecule has 1 aromatic carbocycles. The molecule has 4 amide bonds. The lowest BCUT2D eigenvalue weighted by atomic mass is 9.73. The number of aryl methyl sites for hydroxylation is 1. The highest BCUT2D eigenvalue weighted by molar-refractivity contribution is 6.09. The predicted octanol–water partition coefficient (Wildman–Crippen LogP) is 2.29. The lowest BCUT2D eigenvalue weighted by Crippen LogP contribution is -2.54. The maximum atomic E-state index is 12.9. The molecule has 138 valence electrons. The van der Waals surface area contributed by atoms with Crippen molar-refractivity contribution in [3.05, 3.63) is 35.4 Å². The average molecular weight is 355 g/mol. The summed E-state index contributed by atoms with van der Waals surface area (Å²) >= 11 is 0. The third-order valence-electron chi connectivity index (χ3n) is 6.27. The van der Waals surface area contributed by atoms with E-state index in [1.165, 1.54) is 5.56 Å². The number of rotatable bonds is 3. The molecule has 1 aromatic rings. The van der Waals surface area contributed by atoms with Gasteiger partial charge in [0.15, 0.2) is 0 Å². The number of carbonyl (C=O) groups is 3. The minimum absolute atomic E-state index is 0.0398. The topological polar surface area (TPSA) is 78.5 Å². The summed E-state index contributed by atoms with van der Waals surface area (Å²) in [6.07, 6.45) is 5.37. The van der Waals surface area contributed by atoms with E-state index in [-0.39, 0.29) is 30.3 Å². The highest BCUT2D eigenvalue weighted by Crippen LogP contribution is 2.38. The first-order valence-electron chi connectivity index (χ1n) is 9.52. The highest BCUT2D eigenvalue weighted by atomic mass is 16.2. The number of amides is 4. The molecule has 26 heavy (non-hydrogen) atoms. The third kappa shape index (κ3) is 2.68. The molecule has 2 fully saturated rings. The molecular weight excluding hydrogens is 330 g/mol. The van der Waals surface area contributed by atoms with Crippen molar-refractivity contribution in [2.45, 2.75) is 57.0 Å². The number of hydrogen-bond donors (Lipinski definition) is 2. The Kier molecular flexibility index (Phi) is 4.21. The van der Waals surface area contributed by atoms with Crippen LogP contribution in [0.1, 0.15) is 56.2 Å². The van der Waals surface area contributed by atoms with Crippen molar-refractivity contribution in [3.8, 4) is 0 Å². The summed E-state index contributed by atoms with van der Waals surface area (Å²) in [5, 5.41) is 5.88. The molecule has 2 aliphatic carbocycles. The summed E-state index contributed by atoms with van der Waals surface area (Å²) in [7, 11) is 0. The number of carbonyl (C=O) groups excluding carboxylic acids is 3. The van der Waals surface area contributed by atoms with Gasteiger partial charge in [-0.1, -0.05) is 44.0 Å². The molecule has 3 aliphatic rings. The normalized spacial score (nSPS) is 30.4. The molecule has 3 unspecified atom stereocenters. The van der Waals surface area contributed by atoms with Gasteiger partial charge in [0.1, 0.15) is 12.1 Å². The number of fused-ring (bicyclic) bond motifs is 1. The van der Waals surface area contributed by atoms with E-state index < -0.39 is 11.6 Å². The van der Waals surface area contributed by atoms with Gasteiger partial charge < -0.3 is 10.6 Å². The van der Waals surface area contributed by atoms with Crippen LogP contribution < -0.4 is 10.6 Å². The second-order valence-corrected chi connectivity index (χ2v) is 7.80. The van der Waals surface area contributed by atoms with Crippen LogP contribution in [0, 0.1) is 5.92 Å². The van der Waals surface area contributed by atoms with Gasteiger partial charge in [-0.05, 0) is 42.7 Å². The zero-order valence-electron chi connectivity index (χ0n) is 15.1. The van der Waals surface area contributed by atoms with Gasteiger partial charge in [0.05, 0.1) is 6.04 Å². The van der Waals surface area contributed by atoms with Gasteiger partial charge in [0, 0.05) is 0 Å². The maximum absolute atomic E-state index is 12.9. The van der Waals surface area contributed by atoms with Crippen LogP contribution in [0.4, 0.5) is 4.79 Å². The molecule has 0 aromatic heterocycles. The Bertz CT molecular complexity index is 762. The van der Waals surface area contributed by atoms with E-state index >= 15 is 0 Å². The summed E-state index contributed by atoms with van der Waals surface area (Å²) in [6.45, 7) is 1.80. The highest BCUT2D eigenvalue weighted by Gasteiger charge is 2.55. The Hall–Kier alpha value is -2.37. The van der Waals surface area contributed by atoms with Crippen LogP contribution in [-0.4, -0.2) is 34.8 Å². The monoisotopic (exact) mass is 355 g/mol. The van der Waals surface area contributed by atoms with Crippen LogP contribution in [0.25, 0.3) is 0 Å². The predicted molar refractivity (Wildman–Crippen MR) is 96.3 cm³/mol. The molecule has 1 aliphatic heterocycles. The van der Waals surface area contributed by atoms with Crippen LogP contribution in [0.15, 0.2) is 24.3 Å². The van der Waals surface area contributed by atoms with Gasteiger partial charge in [-0.2, -0.15) is 0 Å². The molecule has 1 saturated carbocycles. The summed E-state index contributed by atoms with van der Waals surface area (Å²) in [6, 6.07) is 7.59. The molecule has 1 saturated heterocycles. The molecule has 0 radical (unpaired) electrons. The van der Waals surface area contributed by atoms with Crippen molar-refractivity contribution >= 4 is 17.8 Å². The summed E-state index contributed by atoms with van der Waals surface area (Å²) in [4.78, 5) is 38.9. The Balaban J connectivity index is 1.43. The van der Waals surface area contributed by atoms with Crippen molar-refractivity contribution in [3.63, 3.8) is 0 Å². The fraction of sp³-hybridized carbons (Fsp3) is 0.550. The summed E-state index contributed by atoms with van der Waals surface area (Å²) in [5.41, 5.74) is 1.58. The maximum Gasteiger partial charge on any atom is 0.325 e. The number of nitrogens with one attached hydrogen (secondary N) is 2. The zero-order valence-corrected chi connectivity index (χ0v) is 15.1. The average Bonchev–Trinajstić information content (AvgIpc) is 3.13. The van der Waals surface area contributed by atoms with Gasteiger partial charge in [0.2, 0.25) is 5.91 Å². The molecule has 1 heterocycles. The molecule has 6 nitrogen and oxygen atoms in total. The van der Waals surface area contributed by atoms with E-state index in [2.05, 4.69) is 16.7 Å². The Labute approximate surface area is 153 Å². The van der Waals surface area contributed by atoms with Gasteiger partial charge in [0.25, 0.3) is 5.91 Å². The van der Waals surface area contributed by atoms with E-state index in [4.69, 9.17) is 0 Å². The molecule has 6 heteroatoms. The SMILES string of the molecule is CC1CCCCC12NC(=O)N(CC(=O)NC1CCc3ccccc31)C2=O. The summed E-state index contributed by atoms with van der Waals surface area (Å²) in [5.74, 6) is -0.421. The van der Waals surface area contributed by atoms with Crippen LogP contribution in [0.2, 0.25) is 0 Å². The largest absolute Gasteiger partial charge is 0.348 e.